The van der Waals surface area contributed by atoms with Crippen LogP contribution in [0.15, 0.2) is 109 Å². The van der Waals surface area contributed by atoms with Crippen molar-refractivity contribution in [2.45, 2.75) is 64.9 Å². The minimum Gasteiger partial charge on any atom is -0.462 e. The third kappa shape index (κ3) is 11.1. The first-order valence-electron chi connectivity index (χ1n) is 22.1. The molecule has 4 saturated carbocycles. The van der Waals surface area contributed by atoms with E-state index in [1.807, 2.05) is 19.1 Å². The van der Waals surface area contributed by atoms with Gasteiger partial charge in [0.1, 0.15) is 17.1 Å². The van der Waals surface area contributed by atoms with Crippen LogP contribution in [0.4, 0.5) is 5.69 Å². The summed E-state index contributed by atoms with van der Waals surface area (Å²) in [5.41, 5.74) is 0.430. The average molecular weight is 925 g/mol. The van der Waals surface area contributed by atoms with E-state index in [1.54, 1.807) is 30.3 Å². The lowest BCUT2D eigenvalue weighted by molar-refractivity contribution is -0.177. The fourth-order valence-corrected chi connectivity index (χ4v) is 9.66. The molecule has 0 spiro atoms. The summed E-state index contributed by atoms with van der Waals surface area (Å²) in [6, 6.07) is 21.2. The summed E-state index contributed by atoms with van der Waals surface area (Å²) in [6.07, 6.45) is 4.77. The van der Waals surface area contributed by atoms with Crippen molar-refractivity contribution in [3.8, 4) is 11.5 Å². The molecule has 2 atom stereocenters. The maximum atomic E-state index is 14.1. The topological polar surface area (TPSA) is 207 Å². The summed E-state index contributed by atoms with van der Waals surface area (Å²) in [4.78, 5) is 105. The Morgan fingerprint density at radius 3 is 1.72 bits per heavy atom. The third-order valence-corrected chi connectivity index (χ3v) is 12.6. The molecular formula is C53H52N2O13. The van der Waals surface area contributed by atoms with E-state index in [1.165, 1.54) is 63.4 Å². The van der Waals surface area contributed by atoms with E-state index in [9.17, 15) is 38.4 Å². The molecule has 2 unspecified atom stereocenters. The van der Waals surface area contributed by atoms with E-state index < -0.39 is 60.1 Å². The number of ketones is 2. The number of Topliss-reactive ketones (excluding diaryl/α,β-unsaturated/α-hetero) is 2. The highest BCUT2D eigenvalue weighted by Gasteiger charge is 2.60. The summed E-state index contributed by atoms with van der Waals surface area (Å²) < 4.78 is 28.7. The lowest BCUT2D eigenvalue weighted by atomic mass is 9.48. The van der Waals surface area contributed by atoms with Crippen molar-refractivity contribution in [3.05, 3.63) is 148 Å². The lowest BCUT2D eigenvalue weighted by Gasteiger charge is -2.60. The van der Waals surface area contributed by atoms with Crippen LogP contribution in [0.2, 0.25) is 0 Å². The lowest BCUT2D eigenvalue weighted by Crippen LogP contribution is -2.58. The van der Waals surface area contributed by atoms with Crippen molar-refractivity contribution in [1.82, 2.24) is 5.32 Å². The highest BCUT2D eigenvalue weighted by atomic mass is 16.6. The van der Waals surface area contributed by atoms with Crippen LogP contribution in [0, 0.1) is 24.2 Å². The number of esters is 4. The molecule has 4 fully saturated rings. The van der Waals surface area contributed by atoms with Crippen LogP contribution >= 0.6 is 0 Å². The zero-order chi connectivity index (χ0) is 48.9. The number of rotatable bonds is 18. The number of nitrogens with one attached hydrogen (secondary N) is 2. The molecule has 8 rings (SSSR count). The predicted molar refractivity (Wildman–Crippen MR) is 248 cm³/mol. The predicted octanol–water partition coefficient (Wildman–Crippen LogP) is 8.36. The average Bonchev–Trinajstić information content (AvgIpc) is 3.30. The van der Waals surface area contributed by atoms with Crippen LogP contribution in [0.25, 0.3) is 0 Å². The molecule has 0 saturated heterocycles. The molecular weight excluding hydrogens is 873 g/mol. The summed E-state index contributed by atoms with van der Waals surface area (Å²) in [7, 11) is 1.36. The number of carbonyl (C=O) groups excluding carboxylic acids is 8. The maximum Gasteiger partial charge on any atom is 0.339 e. The molecule has 0 heterocycles. The summed E-state index contributed by atoms with van der Waals surface area (Å²) in [6.45, 7) is 11.0. The van der Waals surface area contributed by atoms with E-state index in [4.69, 9.17) is 23.7 Å². The number of hydrogen-bond acceptors (Lipinski definition) is 13. The fraction of sp³-hybridized carbons (Fsp3) is 0.321. The van der Waals surface area contributed by atoms with Gasteiger partial charge in [-0.05, 0) is 149 Å². The van der Waals surface area contributed by atoms with Crippen molar-refractivity contribution in [2.24, 2.45) is 17.3 Å². The Morgan fingerprint density at radius 1 is 0.618 bits per heavy atom. The van der Waals surface area contributed by atoms with E-state index in [0.29, 0.717) is 36.7 Å². The maximum absolute atomic E-state index is 14.1. The largest absolute Gasteiger partial charge is 0.462 e. The quantitative estimate of drug-likeness (QED) is 0.0547. The van der Waals surface area contributed by atoms with Crippen LogP contribution < -0.4 is 15.4 Å². The van der Waals surface area contributed by atoms with Crippen molar-refractivity contribution < 1.29 is 62.0 Å². The molecule has 4 aliphatic carbocycles. The van der Waals surface area contributed by atoms with Gasteiger partial charge in [0.15, 0.2) is 24.8 Å². The first-order valence-corrected chi connectivity index (χ1v) is 22.1. The van der Waals surface area contributed by atoms with E-state index in [-0.39, 0.29) is 74.1 Å². The zero-order valence-corrected chi connectivity index (χ0v) is 38.3. The highest BCUT2D eigenvalue weighted by Crippen LogP contribution is 2.63. The number of amides is 2. The smallest absolute Gasteiger partial charge is 0.339 e. The van der Waals surface area contributed by atoms with Crippen molar-refractivity contribution in [1.29, 1.82) is 0 Å². The summed E-state index contributed by atoms with van der Waals surface area (Å²) in [5, 5.41) is 5.18. The molecule has 0 radical (unpaired) electrons. The van der Waals surface area contributed by atoms with Gasteiger partial charge >= 0.3 is 23.9 Å². The second-order valence-electron chi connectivity index (χ2n) is 18.2. The second-order valence-corrected chi connectivity index (χ2v) is 18.2. The SMILES string of the molecule is C=C(C)C(=O)COC(=O)c1ccc(Oc2ccc(C(=O)OCC(=O)C(=C)C)c(C(=O)Nc3cccc(C(=O)OC45CC6CC(CC(COC(=O)c7ccc(C)cc7)(C6)C4)C5)c3)c2)cc1C(=O)NC. The van der Waals surface area contributed by atoms with Gasteiger partial charge in [0.2, 0.25) is 0 Å². The molecule has 4 aromatic carbocycles. The van der Waals surface area contributed by atoms with Crippen LogP contribution in [-0.2, 0) is 28.5 Å². The number of aryl methyl sites for hydroxylation is 1. The Hall–Kier alpha value is -7.68. The van der Waals surface area contributed by atoms with Crippen LogP contribution in [0.5, 0.6) is 11.5 Å². The molecule has 2 N–H and O–H groups in total. The highest BCUT2D eigenvalue weighted by molar-refractivity contribution is 6.12. The van der Waals surface area contributed by atoms with Gasteiger partial charge in [0.25, 0.3) is 11.8 Å². The molecule has 4 aromatic rings. The van der Waals surface area contributed by atoms with Crippen LogP contribution in [-0.4, -0.2) is 79.7 Å². The number of hydrogen-bond donors (Lipinski definition) is 2. The molecule has 0 aliphatic heterocycles. The van der Waals surface area contributed by atoms with Gasteiger partial charge in [-0.15, -0.1) is 0 Å². The van der Waals surface area contributed by atoms with Crippen LogP contribution in [0.3, 0.4) is 0 Å². The minimum atomic E-state index is -0.998. The number of benzene rings is 4. The molecule has 352 valence electrons. The van der Waals surface area contributed by atoms with Gasteiger partial charge in [-0.3, -0.25) is 19.2 Å². The number of ether oxygens (including phenoxy) is 5. The third-order valence-electron chi connectivity index (χ3n) is 12.6. The second kappa shape index (κ2) is 20.0. The monoisotopic (exact) mass is 924 g/mol. The number of carbonyl (C=O) groups is 8. The summed E-state index contributed by atoms with van der Waals surface area (Å²) in [5.74, 6) is -4.70. The molecule has 2 amide bonds. The summed E-state index contributed by atoms with van der Waals surface area (Å²) >= 11 is 0. The first kappa shape index (κ1) is 48.3. The molecule has 15 nitrogen and oxygen atoms in total. The van der Waals surface area contributed by atoms with Gasteiger partial charge in [0, 0.05) is 18.2 Å². The molecule has 0 aromatic heterocycles. The van der Waals surface area contributed by atoms with Crippen molar-refractivity contribution in [3.63, 3.8) is 0 Å². The van der Waals surface area contributed by atoms with Gasteiger partial charge in [-0.2, -0.15) is 0 Å². The van der Waals surface area contributed by atoms with E-state index >= 15 is 0 Å². The number of anilines is 1. The van der Waals surface area contributed by atoms with Gasteiger partial charge in [-0.25, -0.2) is 19.2 Å². The van der Waals surface area contributed by atoms with Gasteiger partial charge in [-0.1, -0.05) is 36.9 Å². The van der Waals surface area contributed by atoms with Crippen LogP contribution in [0.1, 0.15) is 120 Å². The van der Waals surface area contributed by atoms with E-state index in [0.717, 1.165) is 24.8 Å². The van der Waals surface area contributed by atoms with Crippen molar-refractivity contribution >= 4 is 52.9 Å². The standard InChI is InChI=1S/C53H52N2O13/c1-30(2)44(56)26-64-50(62)40-16-14-38(20-42(40)46(58)54-6)67-39-15-17-41(51(63)65-27-45(57)31(3)4)43(21-39)47(59)55-37-9-7-8-36(19-37)49(61)68-53-24-33-18-34(25-53)23-52(22-33,28-53)29-66-48(60)35-12-10-32(5)11-13-35/h7-17,19-21,33-34H,1,3,18,22-29H2,2,4-6H3,(H,54,58)(H,55,59). The normalized spacial score (nSPS) is 19.7. The molecule has 15 heteroatoms. The molecule has 4 bridgehead atoms. The van der Waals surface area contributed by atoms with Gasteiger partial charge < -0.3 is 34.3 Å². The Labute approximate surface area is 393 Å². The minimum absolute atomic E-state index is 0.0190. The molecule has 4 aliphatic rings. The Morgan fingerprint density at radius 2 is 1.18 bits per heavy atom. The fourth-order valence-electron chi connectivity index (χ4n) is 9.66. The Kier molecular flexibility index (Phi) is 14.2. The Bertz CT molecular complexity index is 2740. The molecule has 68 heavy (non-hydrogen) atoms. The van der Waals surface area contributed by atoms with Gasteiger partial charge in [0.05, 0.1) is 40.0 Å². The van der Waals surface area contributed by atoms with E-state index in [2.05, 4.69) is 23.8 Å². The Balaban J connectivity index is 1.09. The first-order chi connectivity index (χ1) is 32.3. The zero-order valence-electron chi connectivity index (χ0n) is 38.3. The van der Waals surface area contributed by atoms with Crippen molar-refractivity contribution in [2.75, 3.05) is 32.2 Å².